The number of ether oxygens (including phenoxy) is 3. The minimum atomic E-state index is -2.42. The third-order valence-electron chi connectivity index (χ3n) is 6.06. The van der Waals surface area contributed by atoms with Crippen molar-refractivity contribution in [3.05, 3.63) is 36.5 Å². The number of hydrogen-bond donors (Lipinski definition) is 3. The van der Waals surface area contributed by atoms with Crippen LogP contribution in [-0.2, 0) is 52.7 Å². The van der Waals surface area contributed by atoms with Gasteiger partial charge in [0.05, 0.1) is 19.8 Å². The van der Waals surface area contributed by atoms with Gasteiger partial charge in [0.25, 0.3) is 0 Å². The van der Waals surface area contributed by atoms with Gasteiger partial charge in [-0.15, -0.1) is 0 Å². The highest BCUT2D eigenvalue weighted by atomic mass is 32.4. The minimum absolute atomic E-state index is 0. The predicted octanol–water partition coefficient (Wildman–Crippen LogP) is 10.9. The molecule has 0 saturated carbocycles. The topological polar surface area (TPSA) is 167 Å². The largest absolute Gasteiger partial charge is 0.462 e. The number of hydrogen-bond acceptors (Lipinski definition) is 13. The Kier molecular flexibility index (Phi) is 47.4. The van der Waals surface area contributed by atoms with Crippen LogP contribution in [0.1, 0.15) is 68.3 Å². The molecule has 60 heavy (non-hydrogen) atoms. The fourth-order valence-corrected chi connectivity index (χ4v) is 24.7. The standard InChI is InChI=1S/C22H46O7Si4.C9H18O3Si.2C2H8OSi.CH3PS.3CH4.2H2/c1-19(2)21(23)25-15-13-17-30(5,6)27-32(9,10)29-33(11,12)28-31(7,8)18-14-16-26-22(24)20(3)4;1-8(2)9(10)12-6-5-7-13(3,4)11;2*1-4(2)3;1-2-3;;;;;/h1,3,13-18H2,2,4-12H3;11H,1,5-7H2,2-4H3;2*3-4H,1-2H3;1H3;3*1H4;2*1H/i;;;;;;;;2*1+1D. The molecule has 0 bridgehead atoms. The van der Waals surface area contributed by atoms with Crippen LogP contribution in [0.15, 0.2) is 36.5 Å². The summed E-state index contributed by atoms with van der Waals surface area (Å²) in [5.74, 6) is -1.05. The summed E-state index contributed by atoms with van der Waals surface area (Å²) in [6.07, 6.45) is 2.25. The van der Waals surface area contributed by atoms with Crippen LogP contribution in [0, 0.1) is 0 Å². The molecule has 0 saturated heterocycles. The van der Waals surface area contributed by atoms with E-state index in [1.165, 1.54) is 0 Å². The first kappa shape index (κ1) is 71.1. The Bertz CT molecular complexity index is 1150. The van der Waals surface area contributed by atoms with Gasteiger partial charge in [0.15, 0.2) is 43.0 Å². The molecule has 0 aliphatic heterocycles. The predicted molar refractivity (Wildman–Crippen MR) is 285 cm³/mol. The van der Waals surface area contributed by atoms with Crippen molar-refractivity contribution >= 4 is 97.2 Å². The van der Waals surface area contributed by atoms with E-state index in [9.17, 15) is 19.2 Å². The summed E-state index contributed by atoms with van der Waals surface area (Å²) >= 11 is 4.37. The molecule has 0 aliphatic carbocycles. The highest BCUT2D eigenvalue weighted by Crippen LogP contribution is 2.27. The molecule has 0 spiro atoms. The fraction of sp³-hybridized carbons (Fsp3) is 0.769. The van der Waals surface area contributed by atoms with E-state index in [4.69, 9.17) is 42.1 Å². The zero-order valence-electron chi connectivity index (χ0n) is 43.0. The molecule has 0 amide bonds. The fourth-order valence-electron chi connectivity index (χ4n) is 4.43. The average Bonchev–Trinajstić information content (AvgIpc) is 3.06. The van der Waals surface area contributed by atoms with Crippen molar-refractivity contribution in [2.24, 2.45) is 0 Å². The second-order valence-electron chi connectivity index (χ2n) is 16.9. The van der Waals surface area contributed by atoms with Gasteiger partial charge in [0.2, 0.25) is 0 Å². The van der Waals surface area contributed by atoms with E-state index in [1.807, 2.05) is 45.9 Å². The Hall–Kier alpha value is -0.572. The van der Waals surface area contributed by atoms with Crippen molar-refractivity contribution < 1.29 is 61.3 Å². The molecular formula is C39H99O12PSSi7. The quantitative estimate of drug-likeness (QED) is 0.0248. The molecule has 0 heterocycles. The lowest BCUT2D eigenvalue weighted by Crippen LogP contribution is -2.56. The van der Waals surface area contributed by atoms with Crippen molar-refractivity contribution in [1.29, 1.82) is 0 Å². The van der Waals surface area contributed by atoms with E-state index in [0.29, 0.717) is 36.5 Å². The third kappa shape index (κ3) is 64.1. The Morgan fingerprint density at radius 3 is 0.967 bits per heavy atom. The number of rotatable bonds is 21. The molecule has 0 aromatic carbocycles. The zero-order chi connectivity index (χ0) is 50.4. The molecule has 0 rings (SSSR count). The summed E-state index contributed by atoms with van der Waals surface area (Å²) in [4.78, 5) is 59.8. The Morgan fingerprint density at radius 2 is 0.783 bits per heavy atom. The van der Waals surface area contributed by atoms with Crippen LogP contribution in [-0.4, -0.2) is 119 Å². The summed E-state index contributed by atoms with van der Waals surface area (Å²) in [5.41, 5.74) is 1.24. The summed E-state index contributed by atoms with van der Waals surface area (Å²) in [6.45, 7) is 46.8. The maximum Gasteiger partial charge on any atom is 0.333 e. The maximum absolute atomic E-state index is 11.5. The van der Waals surface area contributed by atoms with Crippen molar-refractivity contribution in [2.75, 3.05) is 26.5 Å². The summed E-state index contributed by atoms with van der Waals surface area (Å²) in [7, 11) is -12.1. The van der Waals surface area contributed by atoms with Gasteiger partial charge >= 0.3 is 35.0 Å². The second kappa shape index (κ2) is 40.0. The highest BCUT2D eigenvalue weighted by Gasteiger charge is 2.43. The van der Waals surface area contributed by atoms with Crippen molar-refractivity contribution in [1.82, 2.24) is 0 Å². The van der Waals surface area contributed by atoms with Gasteiger partial charge in [-0.25, -0.2) is 14.4 Å². The molecule has 366 valence electrons. The molecular weight excluding hydrogens is 920 g/mol. The number of carbonyl (C=O) groups excluding carboxylic acids is 3. The van der Waals surface area contributed by atoms with Gasteiger partial charge in [-0.1, -0.05) is 53.8 Å². The minimum Gasteiger partial charge on any atom is -0.462 e. The van der Waals surface area contributed by atoms with Gasteiger partial charge in [0.1, 0.15) is 0 Å². The van der Waals surface area contributed by atoms with Crippen LogP contribution >= 0.6 is 7.36 Å². The summed E-state index contributed by atoms with van der Waals surface area (Å²) in [6, 6.07) is 2.51. The first-order valence-corrected chi connectivity index (χ1v) is 42.4. The van der Waals surface area contributed by atoms with E-state index in [-0.39, 0.29) is 40.2 Å². The third-order valence-corrected chi connectivity index (χ3v) is 23.0. The van der Waals surface area contributed by atoms with Crippen LogP contribution in [0.3, 0.4) is 0 Å². The van der Waals surface area contributed by atoms with Crippen LogP contribution in [0.2, 0.25) is 110 Å². The molecule has 0 fully saturated rings. The van der Waals surface area contributed by atoms with Crippen molar-refractivity contribution in [3.63, 3.8) is 0 Å². The number of esters is 3. The molecule has 12 nitrogen and oxygen atoms in total. The molecule has 3 N–H and O–H groups in total. The van der Waals surface area contributed by atoms with Crippen LogP contribution in [0.25, 0.3) is 0 Å². The molecule has 0 unspecified atom stereocenters. The van der Waals surface area contributed by atoms with E-state index < -0.39 is 60.2 Å². The smallest absolute Gasteiger partial charge is 0.333 e. The van der Waals surface area contributed by atoms with E-state index >= 15 is 0 Å². The van der Waals surface area contributed by atoms with Crippen LogP contribution in [0.4, 0.5) is 0 Å². The van der Waals surface area contributed by atoms with Gasteiger partial charge in [-0.2, -0.15) is 0 Å². The van der Waals surface area contributed by atoms with E-state index in [0.717, 1.165) is 44.8 Å². The lowest BCUT2D eigenvalue weighted by Gasteiger charge is -2.41. The SMILES string of the molecule is C.C.C.C=C(C)C(=O)OCCC[Si](C)(C)O.C=C(C)C(=O)OCCC[Si](C)(C)O[Si](C)(C)O[Si](C)(C)O[Si](C)(C)CCCOC(=O)C(=C)C.CP=S.C[SiH](C)O.C[SiH](C)O.[2H][2H].[2H][2H]. The van der Waals surface area contributed by atoms with Gasteiger partial charge < -0.3 is 40.9 Å². The number of carbonyl (C=O) groups is 3. The van der Waals surface area contributed by atoms with Crippen molar-refractivity contribution in [2.45, 2.75) is 172 Å². The van der Waals surface area contributed by atoms with E-state index in [2.05, 4.69) is 83.9 Å². The molecule has 0 atom stereocenters. The second-order valence-corrected chi connectivity index (χ2v) is 42.9. The Labute approximate surface area is 391 Å². The maximum atomic E-state index is 11.5. The highest BCUT2D eigenvalue weighted by molar-refractivity contribution is 7.96. The first-order valence-electron chi connectivity index (χ1n) is 21.4. The van der Waals surface area contributed by atoms with Gasteiger partial charge in [0, 0.05) is 22.7 Å². The summed E-state index contributed by atoms with van der Waals surface area (Å²) < 4.78 is 55.0. The Morgan fingerprint density at radius 1 is 0.583 bits per heavy atom. The van der Waals surface area contributed by atoms with Gasteiger partial charge in [-0.05, 0) is 164 Å². The van der Waals surface area contributed by atoms with Crippen LogP contribution < -0.4 is 0 Å². The van der Waals surface area contributed by atoms with Gasteiger partial charge in [-0.3, -0.25) is 0 Å². The lowest BCUT2D eigenvalue weighted by atomic mass is 10.4. The molecule has 0 aromatic heterocycles. The van der Waals surface area contributed by atoms with Crippen LogP contribution in [0.5, 0.6) is 0 Å². The zero-order valence-corrected chi connectivity index (χ0v) is 48.0. The molecule has 0 radical (unpaired) electrons. The average molecular weight is 1020 g/mol. The molecule has 21 heteroatoms. The molecule has 0 aliphatic rings. The monoisotopic (exact) mass is 1020 g/mol. The normalized spacial score (nSPS) is 11.3. The van der Waals surface area contributed by atoms with E-state index in [1.54, 1.807) is 20.8 Å². The first-order chi connectivity index (χ1) is 27.5. The summed E-state index contributed by atoms with van der Waals surface area (Å²) in [5, 5.41) is 0. The Balaban J connectivity index is -0.0000000967. The van der Waals surface area contributed by atoms with Crippen molar-refractivity contribution in [3.8, 4) is 0 Å². The molecule has 0 aromatic rings. The lowest BCUT2D eigenvalue weighted by molar-refractivity contribution is -0.139.